The van der Waals surface area contributed by atoms with Crippen molar-refractivity contribution >= 4 is 29.9 Å². The second-order valence-electron chi connectivity index (χ2n) is 6.75. The van der Waals surface area contributed by atoms with Gasteiger partial charge in [-0.15, -0.1) is 24.0 Å². The summed E-state index contributed by atoms with van der Waals surface area (Å²) in [5, 5.41) is 6.78. The Kier molecular flexibility index (Phi) is 12.9. The molecule has 2 rings (SSSR count). The third kappa shape index (κ3) is 9.42. The highest BCUT2D eigenvalue weighted by atomic mass is 127. The van der Waals surface area contributed by atoms with E-state index in [0.29, 0.717) is 6.10 Å². The van der Waals surface area contributed by atoms with Gasteiger partial charge in [-0.05, 0) is 38.0 Å². The van der Waals surface area contributed by atoms with Crippen LogP contribution in [0.5, 0.6) is 0 Å². The van der Waals surface area contributed by atoms with Crippen LogP contribution < -0.4 is 10.6 Å². The number of ether oxygens (including phenoxy) is 2. The largest absolute Gasteiger partial charge is 0.381 e. The summed E-state index contributed by atoms with van der Waals surface area (Å²) in [5.74, 6) is 1.90. The van der Waals surface area contributed by atoms with Crippen molar-refractivity contribution in [3.63, 3.8) is 0 Å². The van der Waals surface area contributed by atoms with Crippen molar-refractivity contribution < 1.29 is 9.47 Å². The third-order valence-electron chi connectivity index (χ3n) is 4.92. The van der Waals surface area contributed by atoms with Crippen molar-refractivity contribution in [2.45, 2.75) is 63.9 Å². The van der Waals surface area contributed by atoms with Crippen LogP contribution in [0.4, 0.5) is 0 Å². The first-order chi connectivity index (χ1) is 11.4. The highest BCUT2D eigenvalue weighted by Crippen LogP contribution is 2.28. The van der Waals surface area contributed by atoms with E-state index in [0.717, 1.165) is 64.1 Å². The normalized spacial score (nSPS) is 20.0. The van der Waals surface area contributed by atoms with E-state index in [1.165, 1.54) is 38.5 Å². The highest BCUT2D eigenvalue weighted by molar-refractivity contribution is 14.0. The van der Waals surface area contributed by atoms with E-state index in [1.807, 2.05) is 7.05 Å². The molecule has 0 radical (unpaired) electrons. The molecule has 0 bridgehead atoms. The minimum absolute atomic E-state index is 0. The Labute approximate surface area is 164 Å². The van der Waals surface area contributed by atoms with Crippen molar-refractivity contribution in [3.8, 4) is 0 Å². The van der Waals surface area contributed by atoms with Crippen LogP contribution in [0.25, 0.3) is 0 Å². The fraction of sp³-hybridized carbons (Fsp3) is 0.944. The molecule has 1 heterocycles. The average Bonchev–Trinajstić information content (AvgIpc) is 3.11. The molecule has 0 unspecified atom stereocenters. The van der Waals surface area contributed by atoms with Gasteiger partial charge in [-0.25, -0.2) is 0 Å². The number of rotatable bonds is 9. The first-order valence-electron chi connectivity index (χ1n) is 9.52. The highest BCUT2D eigenvalue weighted by Gasteiger charge is 2.14. The summed E-state index contributed by atoms with van der Waals surface area (Å²) in [4.78, 5) is 4.28. The minimum atomic E-state index is 0. The maximum absolute atomic E-state index is 5.87. The van der Waals surface area contributed by atoms with Crippen LogP contribution in [0.15, 0.2) is 4.99 Å². The molecule has 0 aromatic carbocycles. The topological polar surface area (TPSA) is 54.9 Å². The zero-order chi connectivity index (χ0) is 16.2. The lowest BCUT2D eigenvalue weighted by atomic mass is 10.0. The summed E-state index contributed by atoms with van der Waals surface area (Å²) in [6.45, 7) is 4.44. The van der Waals surface area contributed by atoms with Crippen LogP contribution in [0.3, 0.4) is 0 Å². The summed E-state index contributed by atoms with van der Waals surface area (Å²) >= 11 is 0. The van der Waals surface area contributed by atoms with Gasteiger partial charge in [-0.3, -0.25) is 4.99 Å². The minimum Gasteiger partial charge on any atom is -0.381 e. The Bertz CT molecular complexity index is 330. The lowest BCUT2D eigenvalue weighted by Gasteiger charge is -2.22. The van der Waals surface area contributed by atoms with Crippen molar-refractivity contribution in [1.29, 1.82) is 0 Å². The molecule has 2 N–H and O–H groups in total. The smallest absolute Gasteiger partial charge is 0.190 e. The van der Waals surface area contributed by atoms with Crippen LogP contribution in [-0.2, 0) is 9.47 Å². The number of nitrogens with zero attached hydrogens (tertiary/aromatic N) is 1. The van der Waals surface area contributed by atoms with Gasteiger partial charge in [0.05, 0.1) is 6.10 Å². The molecule has 142 valence electrons. The van der Waals surface area contributed by atoms with E-state index in [-0.39, 0.29) is 24.0 Å². The first kappa shape index (κ1) is 22.0. The number of guanidine groups is 1. The fourth-order valence-electron chi connectivity index (χ4n) is 3.49. The molecule has 2 aliphatic rings. The van der Waals surface area contributed by atoms with E-state index >= 15 is 0 Å². The van der Waals surface area contributed by atoms with Crippen molar-refractivity contribution in [2.24, 2.45) is 10.9 Å². The molecule has 2 fully saturated rings. The van der Waals surface area contributed by atoms with E-state index in [4.69, 9.17) is 9.47 Å². The summed E-state index contributed by atoms with van der Waals surface area (Å²) in [6, 6.07) is 0. The molecule has 1 aliphatic carbocycles. The van der Waals surface area contributed by atoms with E-state index in [1.54, 1.807) is 0 Å². The zero-order valence-corrected chi connectivity index (χ0v) is 17.6. The molecule has 0 amide bonds. The third-order valence-corrected chi connectivity index (χ3v) is 4.92. The Morgan fingerprint density at radius 2 is 1.71 bits per heavy atom. The molecule has 6 heteroatoms. The van der Waals surface area contributed by atoms with Crippen LogP contribution in [0, 0.1) is 5.92 Å². The summed E-state index contributed by atoms with van der Waals surface area (Å²) in [6.07, 6.45) is 11.9. The Morgan fingerprint density at radius 1 is 1.04 bits per heavy atom. The summed E-state index contributed by atoms with van der Waals surface area (Å²) in [7, 11) is 1.84. The summed E-state index contributed by atoms with van der Waals surface area (Å²) < 4.78 is 11.2. The van der Waals surface area contributed by atoms with E-state index in [2.05, 4.69) is 15.6 Å². The number of aliphatic imine (C=N–C) groups is 1. The molecule has 1 saturated carbocycles. The van der Waals surface area contributed by atoms with E-state index in [9.17, 15) is 0 Å². The second-order valence-corrected chi connectivity index (χ2v) is 6.75. The van der Waals surface area contributed by atoms with E-state index < -0.39 is 0 Å². The van der Waals surface area contributed by atoms with Gasteiger partial charge in [0.2, 0.25) is 0 Å². The van der Waals surface area contributed by atoms with Crippen LogP contribution >= 0.6 is 24.0 Å². The second kappa shape index (κ2) is 14.1. The van der Waals surface area contributed by atoms with Crippen LogP contribution in [-0.4, -0.2) is 52.0 Å². The van der Waals surface area contributed by atoms with Gasteiger partial charge >= 0.3 is 0 Å². The lowest BCUT2D eigenvalue weighted by molar-refractivity contribution is -0.0320. The SMILES string of the molecule is CN=C(NCCCOC1CCOCC1)NCCCC1CCCC1.I. The van der Waals surface area contributed by atoms with Gasteiger partial charge in [0.25, 0.3) is 0 Å². The molecular formula is C18H36IN3O2. The molecule has 1 saturated heterocycles. The predicted molar refractivity (Wildman–Crippen MR) is 110 cm³/mol. The Morgan fingerprint density at radius 3 is 2.38 bits per heavy atom. The van der Waals surface area contributed by atoms with Gasteiger partial charge in [0.1, 0.15) is 0 Å². The van der Waals surface area contributed by atoms with Crippen molar-refractivity contribution in [3.05, 3.63) is 0 Å². The predicted octanol–water partition coefficient (Wildman–Crippen LogP) is 3.33. The first-order valence-corrected chi connectivity index (χ1v) is 9.52. The molecule has 1 aliphatic heterocycles. The number of nitrogens with one attached hydrogen (secondary N) is 2. The average molecular weight is 453 g/mol. The molecule has 0 atom stereocenters. The molecule has 0 aromatic heterocycles. The zero-order valence-electron chi connectivity index (χ0n) is 15.2. The number of halogens is 1. The number of hydrogen-bond acceptors (Lipinski definition) is 3. The molecule has 24 heavy (non-hydrogen) atoms. The van der Waals surface area contributed by atoms with Crippen LogP contribution in [0.2, 0.25) is 0 Å². The maximum Gasteiger partial charge on any atom is 0.190 e. The van der Waals surface area contributed by atoms with Gasteiger partial charge < -0.3 is 20.1 Å². The fourth-order valence-corrected chi connectivity index (χ4v) is 3.49. The van der Waals surface area contributed by atoms with Crippen molar-refractivity contribution in [2.75, 3.05) is 40.0 Å². The monoisotopic (exact) mass is 453 g/mol. The maximum atomic E-state index is 5.87. The van der Waals surface area contributed by atoms with Gasteiger partial charge in [0.15, 0.2) is 5.96 Å². The van der Waals surface area contributed by atoms with Gasteiger partial charge in [-0.1, -0.05) is 25.7 Å². The Balaban J connectivity index is 0.00000288. The summed E-state index contributed by atoms with van der Waals surface area (Å²) in [5.41, 5.74) is 0. The Hall–Kier alpha value is -0.0800. The van der Waals surface area contributed by atoms with Crippen molar-refractivity contribution in [1.82, 2.24) is 10.6 Å². The lowest BCUT2D eigenvalue weighted by Crippen LogP contribution is -2.38. The van der Waals surface area contributed by atoms with Gasteiger partial charge in [0, 0.05) is 40.0 Å². The van der Waals surface area contributed by atoms with Gasteiger partial charge in [-0.2, -0.15) is 0 Å². The quantitative estimate of drug-likeness (QED) is 0.244. The molecule has 0 aromatic rings. The molecular weight excluding hydrogens is 417 g/mol. The standard InChI is InChI=1S/C18H35N3O2.HI/c1-19-18(20-11-4-8-16-6-2-3-7-16)21-12-5-13-23-17-9-14-22-15-10-17;/h16-17H,2-15H2,1H3,(H2,19,20,21);1H. The molecule has 5 nitrogen and oxygen atoms in total. The number of hydrogen-bond donors (Lipinski definition) is 2. The molecule has 0 spiro atoms. The van der Waals surface area contributed by atoms with Crippen LogP contribution in [0.1, 0.15) is 57.8 Å².